The summed E-state index contributed by atoms with van der Waals surface area (Å²) in [5, 5.41) is 12.5. The maximum absolute atomic E-state index is 10.4. The molecule has 15 heavy (non-hydrogen) atoms. The van der Waals surface area contributed by atoms with Crippen LogP contribution in [0.1, 0.15) is 30.6 Å². The first-order chi connectivity index (χ1) is 7.22. The molecule has 1 aliphatic rings. The van der Waals surface area contributed by atoms with E-state index in [1.165, 1.54) is 4.88 Å². The molecule has 0 radical (unpaired) electrons. The Morgan fingerprint density at radius 1 is 1.53 bits per heavy atom. The molecule has 0 aliphatic heterocycles. The molecule has 1 aliphatic carbocycles. The second kappa shape index (κ2) is 4.64. The van der Waals surface area contributed by atoms with Gasteiger partial charge < -0.3 is 9.84 Å². The van der Waals surface area contributed by atoms with E-state index in [1.807, 2.05) is 6.07 Å². The summed E-state index contributed by atoms with van der Waals surface area (Å²) in [6.45, 7) is 0. The van der Waals surface area contributed by atoms with Crippen molar-refractivity contribution in [1.82, 2.24) is 0 Å². The molecule has 1 saturated carbocycles. The van der Waals surface area contributed by atoms with Gasteiger partial charge in [-0.25, -0.2) is 0 Å². The van der Waals surface area contributed by atoms with Crippen molar-refractivity contribution in [3.63, 3.8) is 0 Å². The molecule has 84 valence electrons. The second-order valence-corrected chi connectivity index (χ2v) is 5.45. The van der Waals surface area contributed by atoms with Gasteiger partial charge in [-0.1, -0.05) is 6.07 Å². The van der Waals surface area contributed by atoms with E-state index in [-0.39, 0.29) is 0 Å². The van der Waals surface area contributed by atoms with E-state index in [1.54, 1.807) is 18.4 Å². The predicted octanol–water partition coefficient (Wildman–Crippen LogP) is 2.61. The normalized spacial score (nSPS) is 31.7. The van der Waals surface area contributed by atoms with E-state index in [0.717, 1.165) is 32.1 Å². The highest BCUT2D eigenvalue weighted by Crippen LogP contribution is 2.33. The van der Waals surface area contributed by atoms with Crippen molar-refractivity contribution in [2.24, 2.45) is 0 Å². The largest absolute Gasteiger partial charge is 0.390 e. The zero-order valence-electron chi connectivity index (χ0n) is 9.11. The molecule has 1 fully saturated rings. The molecule has 1 N–H and O–H groups in total. The van der Waals surface area contributed by atoms with Gasteiger partial charge in [-0.05, 0) is 37.1 Å². The lowest BCUT2D eigenvalue weighted by Crippen LogP contribution is -2.38. The van der Waals surface area contributed by atoms with Crippen molar-refractivity contribution in [1.29, 1.82) is 0 Å². The molecule has 0 spiro atoms. The van der Waals surface area contributed by atoms with Crippen LogP contribution < -0.4 is 0 Å². The van der Waals surface area contributed by atoms with E-state index < -0.39 is 5.60 Å². The van der Waals surface area contributed by atoms with Crippen LogP contribution in [0.4, 0.5) is 0 Å². The highest BCUT2D eigenvalue weighted by Gasteiger charge is 2.33. The minimum atomic E-state index is -0.486. The van der Waals surface area contributed by atoms with Crippen LogP contribution in [0.25, 0.3) is 0 Å². The number of hydrogen-bond acceptors (Lipinski definition) is 3. The molecule has 3 heteroatoms. The van der Waals surface area contributed by atoms with Gasteiger partial charge in [-0.15, -0.1) is 11.3 Å². The Labute approximate surface area is 94.9 Å². The van der Waals surface area contributed by atoms with E-state index >= 15 is 0 Å². The summed E-state index contributed by atoms with van der Waals surface area (Å²) in [7, 11) is 1.76. The first kappa shape index (κ1) is 11.1. The van der Waals surface area contributed by atoms with E-state index in [9.17, 15) is 5.11 Å². The third-order valence-corrected chi connectivity index (χ3v) is 4.16. The van der Waals surface area contributed by atoms with Crippen LogP contribution in [0.2, 0.25) is 0 Å². The van der Waals surface area contributed by atoms with E-state index in [4.69, 9.17) is 4.74 Å². The zero-order valence-corrected chi connectivity index (χ0v) is 9.93. The molecular weight excluding hydrogens is 208 g/mol. The number of rotatable bonds is 3. The second-order valence-electron chi connectivity index (χ2n) is 4.42. The third kappa shape index (κ3) is 2.80. The van der Waals surface area contributed by atoms with Crippen molar-refractivity contribution in [2.75, 3.05) is 7.11 Å². The first-order valence-electron chi connectivity index (χ1n) is 5.49. The van der Waals surface area contributed by atoms with Crippen LogP contribution in [0, 0.1) is 0 Å². The van der Waals surface area contributed by atoms with Gasteiger partial charge >= 0.3 is 0 Å². The summed E-state index contributed by atoms with van der Waals surface area (Å²) >= 11 is 1.73. The van der Waals surface area contributed by atoms with Crippen molar-refractivity contribution >= 4 is 11.3 Å². The predicted molar refractivity (Wildman–Crippen MR) is 62.2 cm³/mol. The monoisotopic (exact) mass is 226 g/mol. The summed E-state index contributed by atoms with van der Waals surface area (Å²) in [5.74, 6) is 0. The smallest absolute Gasteiger partial charge is 0.0697 e. The fraction of sp³-hybridized carbons (Fsp3) is 0.667. The highest BCUT2D eigenvalue weighted by atomic mass is 32.1. The van der Waals surface area contributed by atoms with Gasteiger partial charge in [0.1, 0.15) is 0 Å². The summed E-state index contributed by atoms with van der Waals surface area (Å²) < 4.78 is 5.31. The third-order valence-electron chi connectivity index (χ3n) is 3.28. The zero-order chi connectivity index (χ0) is 10.7. The molecule has 0 atom stereocenters. The Kier molecular flexibility index (Phi) is 3.44. The Morgan fingerprint density at radius 3 is 2.80 bits per heavy atom. The number of thiophene rings is 1. The standard InChI is InChI=1S/C12H18O2S/c1-14-10-4-6-12(13,7-5-10)9-11-3-2-8-15-11/h2-3,8,10,13H,4-7,9H2,1H3. The molecule has 0 saturated heterocycles. The minimum absolute atomic E-state index is 0.355. The molecule has 2 nitrogen and oxygen atoms in total. The van der Waals surface area contributed by atoms with Crippen LogP contribution >= 0.6 is 11.3 Å². The molecule has 1 aromatic rings. The van der Waals surface area contributed by atoms with Crippen LogP contribution in [-0.4, -0.2) is 23.9 Å². The quantitative estimate of drug-likeness (QED) is 0.858. The van der Waals surface area contributed by atoms with Crippen LogP contribution in [0.15, 0.2) is 17.5 Å². The maximum Gasteiger partial charge on any atom is 0.0697 e. The summed E-state index contributed by atoms with van der Waals surface area (Å²) in [4.78, 5) is 1.29. The summed E-state index contributed by atoms with van der Waals surface area (Å²) in [6, 6.07) is 4.15. The van der Waals surface area contributed by atoms with Crippen molar-refractivity contribution in [2.45, 2.75) is 43.8 Å². The van der Waals surface area contributed by atoms with Crippen molar-refractivity contribution < 1.29 is 9.84 Å². The topological polar surface area (TPSA) is 29.5 Å². The Bertz CT molecular complexity index is 287. The van der Waals surface area contributed by atoms with E-state index in [0.29, 0.717) is 6.10 Å². The Hall–Kier alpha value is -0.380. The molecule has 0 aromatic carbocycles. The summed E-state index contributed by atoms with van der Waals surface area (Å²) in [5.41, 5.74) is -0.486. The number of ether oxygens (including phenoxy) is 1. The SMILES string of the molecule is COC1CCC(O)(Cc2cccs2)CC1. The van der Waals surface area contributed by atoms with Gasteiger partial charge in [0.2, 0.25) is 0 Å². The fourth-order valence-electron chi connectivity index (χ4n) is 2.28. The van der Waals surface area contributed by atoms with Gasteiger partial charge in [0.15, 0.2) is 0 Å². The average Bonchev–Trinajstić information content (AvgIpc) is 2.71. The highest BCUT2D eigenvalue weighted by molar-refractivity contribution is 7.09. The first-order valence-corrected chi connectivity index (χ1v) is 6.37. The number of aliphatic hydroxyl groups is 1. The van der Waals surface area contributed by atoms with Gasteiger partial charge in [-0.2, -0.15) is 0 Å². The molecule has 0 unspecified atom stereocenters. The Morgan fingerprint density at radius 2 is 2.27 bits per heavy atom. The van der Waals surface area contributed by atoms with Crippen LogP contribution in [-0.2, 0) is 11.2 Å². The van der Waals surface area contributed by atoms with Crippen molar-refractivity contribution in [3.05, 3.63) is 22.4 Å². The molecule has 1 heterocycles. The van der Waals surface area contributed by atoms with Crippen molar-refractivity contribution in [3.8, 4) is 0 Å². The Balaban J connectivity index is 1.92. The molecule has 1 aromatic heterocycles. The van der Waals surface area contributed by atoms with E-state index in [2.05, 4.69) is 11.4 Å². The molecule has 2 rings (SSSR count). The molecule has 0 amide bonds. The number of hydrogen-bond donors (Lipinski definition) is 1. The molecular formula is C12H18O2S. The van der Waals surface area contributed by atoms with Gasteiger partial charge in [-0.3, -0.25) is 0 Å². The maximum atomic E-state index is 10.4. The lowest BCUT2D eigenvalue weighted by atomic mass is 9.81. The lowest BCUT2D eigenvalue weighted by molar-refractivity contribution is -0.0422. The fourth-order valence-corrected chi connectivity index (χ4v) is 3.12. The van der Waals surface area contributed by atoms with Gasteiger partial charge in [0.25, 0.3) is 0 Å². The molecule has 0 bridgehead atoms. The minimum Gasteiger partial charge on any atom is -0.390 e. The average molecular weight is 226 g/mol. The van der Waals surface area contributed by atoms with Gasteiger partial charge in [0, 0.05) is 18.4 Å². The van der Waals surface area contributed by atoms with Crippen LogP contribution in [0.5, 0.6) is 0 Å². The van der Waals surface area contributed by atoms with Gasteiger partial charge in [0.05, 0.1) is 11.7 Å². The van der Waals surface area contributed by atoms with Crippen LogP contribution in [0.3, 0.4) is 0 Å². The summed E-state index contributed by atoms with van der Waals surface area (Å²) in [6.07, 6.45) is 4.86. The number of methoxy groups -OCH3 is 1. The lowest BCUT2D eigenvalue weighted by Gasteiger charge is -2.35.